The van der Waals surface area contributed by atoms with E-state index in [1.807, 2.05) is 0 Å². The number of nitro benzene ring substituents is 1. The predicted octanol–water partition coefficient (Wildman–Crippen LogP) is 2.83. The van der Waals surface area contributed by atoms with Crippen molar-refractivity contribution in [3.8, 4) is 0 Å². The SMILES string of the molecule is O=C(CCS(=O)(=O)c1ccc(F)cc1)Nc1ncc(S(=O)(=O)c2ccc([N+](=O)[O-])cc2)s1. The number of hydrogen-bond donors (Lipinski definition) is 1. The van der Waals surface area contributed by atoms with E-state index in [1.54, 1.807) is 0 Å². The summed E-state index contributed by atoms with van der Waals surface area (Å²) in [6, 6.07) is 8.47. The molecule has 0 fully saturated rings. The van der Waals surface area contributed by atoms with Crippen molar-refractivity contribution >= 4 is 47.7 Å². The van der Waals surface area contributed by atoms with Gasteiger partial charge >= 0.3 is 0 Å². The highest BCUT2D eigenvalue weighted by atomic mass is 32.2. The van der Waals surface area contributed by atoms with Crippen LogP contribution in [0.25, 0.3) is 0 Å². The number of benzene rings is 2. The maximum atomic E-state index is 12.9. The third-order valence-corrected chi connectivity index (χ3v) is 9.00. The lowest BCUT2D eigenvalue weighted by Gasteiger charge is -2.04. The highest BCUT2D eigenvalue weighted by molar-refractivity contribution is 7.93. The van der Waals surface area contributed by atoms with E-state index in [2.05, 4.69) is 10.3 Å². The van der Waals surface area contributed by atoms with Crippen LogP contribution in [-0.2, 0) is 24.5 Å². The number of rotatable bonds is 8. The zero-order chi connectivity index (χ0) is 23.5. The lowest BCUT2D eigenvalue weighted by atomic mass is 10.3. The molecule has 0 saturated heterocycles. The van der Waals surface area contributed by atoms with Crippen molar-refractivity contribution in [1.82, 2.24) is 4.98 Å². The monoisotopic (exact) mass is 499 g/mol. The summed E-state index contributed by atoms with van der Waals surface area (Å²) in [6.07, 6.45) is 0.593. The number of non-ortho nitro benzene ring substituents is 1. The van der Waals surface area contributed by atoms with E-state index in [1.165, 1.54) is 0 Å². The van der Waals surface area contributed by atoms with Gasteiger partial charge in [0.05, 0.1) is 26.7 Å². The second kappa shape index (κ2) is 9.10. The summed E-state index contributed by atoms with van der Waals surface area (Å²) < 4.78 is 62.4. The summed E-state index contributed by atoms with van der Waals surface area (Å²) in [7, 11) is -7.83. The third-order valence-electron chi connectivity index (χ3n) is 4.12. The molecule has 0 unspecified atom stereocenters. The second-order valence-corrected chi connectivity index (χ2v) is 11.6. The Hall–Kier alpha value is -3.23. The van der Waals surface area contributed by atoms with Crippen molar-refractivity contribution in [3.63, 3.8) is 0 Å². The summed E-state index contributed by atoms with van der Waals surface area (Å²) >= 11 is 0.649. The Morgan fingerprint density at radius 1 is 1.03 bits per heavy atom. The minimum Gasteiger partial charge on any atom is -0.302 e. The number of nitro groups is 1. The number of aromatic nitrogens is 1. The Bertz CT molecular complexity index is 1370. The normalized spacial score (nSPS) is 11.8. The molecular weight excluding hydrogens is 485 g/mol. The van der Waals surface area contributed by atoms with Gasteiger partial charge in [-0.3, -0.25) is 14.9 Å². The molecule has 0 aliphatic carbocycles. The molecule has 1 aromatic heterocycles. The predicted molar refractivity (Wildman–Crippen MR) is 112 cm³/mol. The van der Waals surface area contributed by atoms with Gasteiger partial charge in [-0.05, 0) is 36.4 Å². The number of carbonyl (C=O) groups excluding carboxylic acids is 1. The van der Waals surface area contributed by atoms with Crippen LogP contribution in [0.3, 0.4) is 0 Å². The van der Waals surface area contributed by atoms with Gasteiger partial charge in [0.1, 0.15) is 10.0 Å². The quantitative estimate of drug-likeness (QED) is 0.282. The molecule has 0 aliphatic heterocycles. The van der Waals surface area contributed by atoms with Crippen molar-refractivity contribution in [1.29, 1.82) is 0 Å². The Labute approximate surface area is 185 Å². The number of sulfone groups is 2. The van der Waals surface area contributed by atoms with Crippen LogP contribution < -0.4 is 5.32 Å². The topological polar surface area (TPSA) is 153 Å². The summed E-state index contributed by atoms with van der Waals surface area (Å²) in [6.45, 7) is 0. The van der Waals surface area contributed by atoms with E-state index in [0.717, 1.165) is 54.7 Å². The number of amides is 1. The van der Waals surface area contributed by atoms with Crippen molar-refractivity contribution in [2.45, 2.75) is 20.4 Å². The van der Waals surface area contributed by atoms with Crippen molar-refractivity contribution in [2.24, 2.45) is 0 Å². The van der Waals surface area contributed by atoms with Crippen LogP contribution in [0.2, 0.25) is 0 Å². The van der Waals surface area contributed by atoms with Gasteiger partial charge < -0.3 is 5.32 Å². The maximum Gasteiger partial charge on any atom is 0.269 e. The number of carbonyl (C=O) groups is 1. The summed E-state index contributed by atoms with van der Waals surface area (Å²) in [5.41, 5.74) is -0.267. The van der Waals surface area contributed by atoms with Gasteiger partial charge in [0.15, 0.2) is 15.0 Å². The van der Waals surface area contributed by atoms with Crippen molar-refractivity contribution in [3.05, 3.63) is 70.7 Å². The average molecular weight is 500 g/mol. The van der Waals surface area contributed by atoms with E-state index >= 15 is 0 Å². The largest absolute Gasteiger partial charge is 0.302 e. The number of halogens is 1. The second-order valence-electron chi connectivity index (χ2n) is 6.31. The molecule has 2 aromatic carbocycles. The van der Waals surface area contributed by atoms with Crippen LogP contribution in [-0.4, -0.2) is 38.4 Å². The molecule has 168 valence electrons. The number of thiazole rings is 1. The summed E-state index contributed by atoms with van der Waals surface area (Å²) in [5, 5.41) is 13.0. The molecule has 0 aliphatic rings. The fourth-order valence-corrected chi connectivity index (χ4v) is 6.16. The number of hydrogen-bond acceptors (Lipinski definition) is 9. The lowest BCUT2D eigenvalue weighted by Crippen LogP contribution is -2.17. The Morgan fingerprint density at radius 2 is 1.62 bits per heavy atom. The molecule has 3 aromatic rings. The van der Waals surface area contributed by atoms with Gasteiger partial charge in [0, 0.05) is 18.6 Å². The Morgan fingerprint density at radius 3 is 2.22 bits per heavy atom. The van der Waals surface area contributed by atoms with Gasteiger partial charge in [-0.15, -0.1) is 0 Å². The Kier molecular flexibility index (Phi) is 6.66. The van der Waals surface area contributed by atoms with Crippen LogP contribution in [0.1, 0.15) is 6.42 Å². The van der Waals surface area contributed by atoms with Gasteiger partial charge in [-0.25, -0.2) is 26.2 Å². The molecule has 0 bridgehead atoms. The maximum absolute atomic E-state index is 12.9. The number of nitrogens with one attached hydrogen (secondary N) is 1. The molecule has 1 heterocycles. The van der Waals surface area contributed by atoms with Gasteiger partial charge in [0.25, 0.3) is 5.69 Å². The van der Waals surface area contributed by atoms with E-state index < -0.39 is 48.5 Å². The molecule has 3 rings (SSSR count). The minimum absolute atomic E-state index is 0.0605. The molecule has 0 spiro atoms. The fraction of sp³-hybridized carbons (Fsp3) is 0.111. The van der Waals surface area contributed by atoms with Gasteiger partial charge in [-0.2, -0.15) is 0 Å². The van der Waals surface area contributed by atoms with Crippen molar-refractivity contribution in [2.75, 3.05) is 11.1 Å². The molecule has 0 saturated carbocycles. The zero-order valence-corrected chi connectivity index (χ0v) is 18.4. The minimum atomic E-state index is -4.02. The van der Waals surface area contributed by atoms with E-state index in [-0.39, 0.29) is 24.8 Å². The standard InChI is InChI=1S/C18H14FN3O7S3/c19-12-1-5-14(6-2-12)31(26,27)10-9-16(23)21-18-20-11-17(30-18)32(28,29)15-7-3-13(4-8-15)22(24)25/h1-8,11H,9-10H2,(H,20,21,23). The van der Waals surface area contributed by atoms with Crippen LogP contribution in [0.15, 0.2) is 68.7 Å². The first-order valence-electron chi connectivity index (χ1n) is 8.72. The molecule has 1 amide bonds. The first kappa shape index (κ1) is 23.4. The summed E-state index contributed by atoms with van der Waals surface area (Å²) in [5.74, 6) is -1.83. The highest BCUT2D eigenvalue weighted by Crippen LogP contribution is 2.29. The highest BCUT2D eigenvalue weighted by Gasteiger charge is 2.23. The van der Waals surface area contributed by atoms with E-state index in [4.69, 9.17) is 0 Å². The molecule has 1 N–H and O–H groups in total. The van der Waals surface area contributed by atoms with Crippen LogP contribution in [0.5, 0.6) is 0 Å². The molecule has 14 heteroatoms. The smallest absolute Gasteiger partial charge is 0.269 e. The van der Waals surface area contributed by atoms with E-state index in [0.29, 0.717) is 11.3 Å². The molecule has 32 heavy (non-hydrogen) atoms. The molecular formula is C18H14FN3O7S3. The Balaban J connectivity index is 1.66. The van der Waals surface area contributed by atoms with Crippen molar-refractivity contribution < 1.29 is 30.9 Å². The zero-order valence-electron chi connectivity index (χ0n) is 16.0. The third kappa shape index (κ3) is 5.33. The van der Waals surface area contributed by atoms with Crippen LogP contribution in [0, 0.1) is 15.9 Å². The van der Waals surface area contributed by atoms with Crippen LogP contribution in [0.4, 0.5) is 15.2 Å². The first-order valence-corrected chi connectivity index (χ1v) is 12.7. The molecule has 10 nitrogen and oxygen atoms in total. The molecule has 0 radical (unpaired) electrons. The fourth-order valence-electron chi connectivity index (χ4n) is 2.47. The van der Waals surface area contributed by atoms with Gasteiger partial charge in [-0.1, -0.05) is 11.3 Å². The number of anilines is 1. The average Bonchev–Trinajstić information content (AvgIpc) is 3.22. The number of nitrogens with zero attached hydrogens (tertiary/aromatic N) is 2. The first-order chi connectivity index (χ1) is 15.0. The van der Waals surface area contributed by atoms with Crippen LogP contribution >= 0.6 is 11.3 Å². The summed E-state index contributed by atoms with van der Waals surface area (Å²) in [4.78, 5) is 25.6. The lowest BCUT2D eigenvalue weighted by molar-refractivity contribution is -0.384. The molecule has 0 atom stereocenters. The van der Waals surface area contributed by atoms with Gasteiger partial charge in [0.2, 0.25) is 15.7 Å². The van der Waals surface area contributed by atoms with E-state index in [9.17, 15) is 36.1 Å².